The quantitative estimate of drug-likeness (QED) is 0.643. The van der Waals surface area contributed by atoms with E-state index < -0.39 is 28.9 Å². The van der Waals surface area contributed by atoms with Gasteiger partial charge in [-0.2, -0.15) is 4.39 Å². The molecule has 1 aromatic rings. The van der Waals surface area contributed by atoms with E-state index in [1.165, 1.54) is 13.0 Å². The standard InChI is InChI=1S/C9H9F3N2O2/c1-5(9(11)12)13-6-2-3-8(14(15)16)7(10)4-6/h2-5,9,13H,1H3. The van der Waals surface area contributed by atoms with Crippen LogP contribution in [0.1, 0.15) is 6.92 Å². The van der Waals surface area contributed by atoms with Crippen molar-refractivity contribution in [3.63, 3.8) is 0 Å². The Labute approximate surface area is 89.2 Å². The van der Waals surface area contributed by atoms with Gasteiger partial charge in [-0.05, 0) is 13.0 Å². The van der Waals surface area contributed by atoms with Gasteiger partial charge in [0.25, 0.3) is 6.43 Å². The third-order valence-electron chi connectivity index (χ3n) is 1.92. The molecule has 0 bridgehead atoms. The lowest BCUT2D eigenvalue weighted by Crippen LogP contribution is -2.23. The highest BCUT2D eigenvalue weighted by Gasteiger charge is 2.17. The summed E-state index contributed by atoms with van der Waals surface area (Å²) < 4.78 is 37.4. The number of alkyl halides is 2. The van der Waals surface area contributed by atoms with Crippen LogP contribution in [-0.2, 0) is 0 Å². The monoisotopic (exact) mass is 234 g/mol. The molecule has 1 unspecified atom stereocenters. The first-order valence-corrected chi connectivity index (χ1v) is 4.40. The molecule has 1 atom stereocenters. The van der Waals surface area contributed by atoms with Crippen molar-refractivity contribution in [2.45, 2.75) is 19.4 Å². The van der Waals surface area contributed by atoms with Gasteiger partial charge in [0.05, 0.1) is 11.0 Å². The van der Waals surface area contributed by atoms with Crippen LogP contribution in [0.25, 0.3) is 0 Å². The Balaban J connectivity index is 2.85. The molecule has 0 radical (unpaired) electrons. The molecule has 0 aliphatic rings. The van der Waals surface area contributed by atoms with Crippen molar-refractivity contribution < 1.29 is 18.1 Å². The third-order valence-corrected chi connectivity index (χ3v) is 1.92. The molecule has 0 saturated heterocycles. The Kier molecular flexibility index (Phi) is 3.70. The van der Waals surface area contributed by atoms with Crippen molar-refractivity contribution >= 4 is 11.4 Å². The number of rotatable bonds is 4. The highest BCUT2D eigenvalue weighted by atomic mass is 19.3. The minimum Gasteiger partial charge on any atom is -0.377 e. The lowest BCUT2D eigenvalue weighted by atomic mass is 10.2. The van der Waals surface area contributed by atoms with Gasteiger partial charge in [-0.1, -0.05) is 0 Å². The molecule has 0 spiro atoms. The number of benzene rings is 1. The Morgan fingerprint density at radius 3 is 2.50 bits per heavy atom. The van der Waals surface area contributed by atoms with E-state index in [9.17, 15) is 23.3 Å². The Morgan fingerprint density at radius 1 is 1.44 bits per heavy atom. The van der Waals surface area contributed by atoms with Gasteiger partial charge in [0.1, 0.15) is 0 Å². The maximum atomic E-state index is 13.1. The zero-order valence-electron chi connectivity index (χ0n) is 8.28. The summed E-state index contributed by atoms with van der Waals surface area (Å²) in [6.45, 7) is 1.23. The molecule has 1 rings (SSSR count). The second-order valence-corrected chi connectivity index (χ2v) is 3.19. The number of halogens is 3. The number of anilines is 1. The molecule has 0 amide bonds. The Hall–Kier alpha value is -1.79. The van der Waals surface area contributed by atoms with E-state index in [4.69, 9.17) is 0 Å². The molecular weight excluding hydrogens is 225 g/mol. The number of nitrogens with zero attached hydrogens (tertiary/aromatic N) is 1. The van der Waals surface area contributed by atoms with Crippen LogP contribution >= 0.6 is 0 Å². The highest BCUT2D eigenvalue weighted by molar-refractivity contribution is 5.50. The summed E-state index contributed by atoms with van der Waals surface area (Å²) >= 11 is 0. The van der Waals surface area contributed by atoms with Gasteiger partial charge >= 0.3 is 5.69 Å². The normalized spacial score (nSPS) is 12.6. The van der Waals surface area contributed by atoms with Gasteiger partial charge in [0.2, 0.25) is 5.82 Å². The fourth-order valence-corrected chi connectivity index (χ4v) is 1.07. The van der Waals surface area contributed by atoms with Crippen LogP contribution in [-0.4, -0.2) is 17.4 Å². The molecule has 7 heteroatoms. The fraction of sp³-hybridized carbons (Fsp3) is 0.333. The van der Waals surface area contributed by atoms with E-state index in [1.807, 2.05) is 0 Å². The summed E-state index contributed by atoms with van der Waals surface area (Å²) in [5.74, 6) is -1.06. The SMILES string of the molecule is CC(Nc1ccc([N+](=O)[O-])c(F)c1)C(F)F. The molecule has 0 fully saturated rings. The number of hydrogen-bond donors (Lipinski definition) is 1. The van der Waals surface area contributed by atoms with Crippen molar-refractivity contribution in [3.8, 4) is 0 Å². The van der Waals surface area contributed by atoms with Gasteiger partial charge < -0.3 is 5.32 Å². The molecule has 1 aromatic carbocycles. The van der Waals surface area contributed by atoms with Crippen LogP contribution in [0.2, 0.25) is 0 Å². The molecular formula is C9H9F3N2O2. The van der Waals surface area contributed by atoms with Crippen molar-refractivity contribution in [1.82, 2.24) is 0 Å². The Morgan fingerprint density at radius 2 is 2.06 bits per heavy atom. The van der Waals surface area contributed by atoms with Gasteiger partial charge in [0, 0.05) is 17.8 Å². The minimum absolute atomic E-state index is 0.0795. The van der Waals surface area contributed by atoms with Crippen LogP contribution in [0.3, 0.4) is 0 Å². The van der Waals surface area contributed by atoms with E-state index in [2.05, 4.69) is 5.32 Å². The summed E-state index contributed by atoms with van der Waals surface area (Å²) in [5.41, 5.74) is -0.605. The summed E-state index contributed by atoms with van der Waals surface area (Å²) in [5, 5.41) is 12.6. The first-order valence-electron chi connectivity index (χ1n) is 4.40. The second-order valence-electron chi connectivity index (χ2n) is 3.19. The number of nitro benzene ring substituents is 1. The molecule has 88 valence electrons. The lowest BCUT2D eigenvalue weighted by Gasteiger charge is -2.13. The third kappa shape index (κ3) is 2.85. The molecule has 16 heavy (non-hydrogen) atoms. The molecule has 0 heterocycles. The van der Waals surface area contributed by atoms with Crippen molar-refractivity contribution in [2.75, 3.05) is 5.32 Å². The van der Waals surface area contributed by atoms with Gasteiger partial charge in [-0.3, -0.25) is 10.1 Å². The predicted molar refractivity (Wildman–Crippen MR) is 52.1 cm³/mol. The summed E-state index contributed by atoms with van der Waals surface area (Å²) in [6, 6.07) is 1.77. The minimum atomic E-state index is -2.60. The Bertz CT molecular complexity index is 398. The first kappa shape index (κ1) is 12.3. The smallest absolute Gasteiger partial charge is 0.304 e. The second kappa shape index (κ2) is 4.82. The van der Waals surface area contributed by atoms with Crippen molar-refractivity contribution in [3.05, 3.63) is 34.1 Å². The average Bonchev–Trinajstić information content (AvgIpc) is 2.16. The van der Waals surface area contributed by atoms with E-state index in [-0.39, 0.29) is 5.69 Å². The summed E-state index contributed by atoms with van der Waals surface area (Å²) in [6.07, 6.45) is -2.60. The number of nitro groups is 1. The lowest BCUT2D eigenvalue weighted by molar-refractivity contribution is -0.387. The molecule has 4 nitrogen and oxygen atoms in total. The first-order chi connectivity index (χ1) is 7.41. The number of nitrogens with one attached hydrogen (secondary N) is 1. The van der Waals surface area contributed by atoms with Crippen LogP contribution in [0.5, 0.6) is 0 Å². The fourth-order valence-electron chi connectivity index (χ4n) is 1.07. The maximum absolute atomic E-state index is 13.1. The molecule has 0 aliphatic heterocycles. The van der Waals surface area contributed by atoms with Crippen LogP contribution in [0.4, 0.5) is 24.5 Å². The van der Waals surface area contributed by atoms with Crippen LogP contribution in [0.15, 0.2) is 18.2 Å². The zero-order chi connectivity index (χ0) is 12.3. The number of hydrogen-bond acceptors (Lipinski definition) is 3. The maximum Gasteiger partial charge on any atom is 0.304 e. The van der Waals surface area contributed by atoms with Gasteiger partial charge in [-0.25, -0.2) is 8.78 Å². The summed E-state index contributed by atoms with van der Waals surface area (Å²) in [7, 11) is 0. The molecule has 1 N–H and O–H groups in total. The van der Waals surface area contributed by atoms with Crippen molar-refractivity contribution in [2.24, 2.45) is 0 Å². The topological polar surface area (TPSA) is 55.2 Å². The van der Waals surface area contributed by atoms with E-state index >= 15 is 0 Å². The summed E-state index contributed by atoms with van der Waals surface area (Å²) in [4.78, 5) is 9.41. The predicted octanol–water partition coefficient (Wildman–Crippen LogP) is 2.80. The van der Waals surface area contributed by atoms with E-state index in [1.54, 1.807) is 0 Å². The van der Waals surface area contributed by atoms with Crippen molar-refractivity contribution in [1.29, 1.82) is 0 Å². The molecule has 0 aliphatic carbocycles. The molecule has 0 aromatic heterocycles. The highest BCUT2D eigenvalue weighted by Crippen LogP contribution is 2.21. The van der Waals surface area contributed by atoms with Gasteiger partial charge in [-0.15, -0.1) is 0 Å². The largest absolute Gasteiger partial charge is 0.377 e. The van der Waals surface area contributed by atoms with Gasteiger partial charge in [0.15, 0.2) is 0 Å². The van der Waals surface area contributed by atoms with E-state index in [0.717, 1.165) is 12.1 Å². The van der Waals surface area contributed by atoms with E-state index in [0.29, 0.717) is 0 Å². The average molecular weight is 234 g/mol. The zero-order valence-corrected chi connectivity index (χ0v) is 8.28. The molecule has 0 saturated carbocycles. The van der Waals surface area contributed by atoms with Crippen LogP contribution in [0, 0.1) is 15.9 Å². The van der Waals surface area contributed by atoms with Crippen LogP contribution < -0.4 is 5.32 Å².